The lowest BCUT2D eigenvalue weighted by Crippen LogP contribution is -2.60. The molecule has 9 atom stereocenters. The fraction of sp³-hybridized carbons (Fsp3) is 0.667. The molecule has 2 aliphatic rings. The van der Waals surface area contributed by atoms with Crippen LogP contribution in [-0.4, -0.2) is 117 Å². The van der Waals surface area contributed by atoms with Gasteiger partial charge in [-0.1, -0.05) is 0 Å². The largest absolute Gasteiger partial charge is 0.457 e. The van der Waals surface area contributed by atoms with Crippen molar-refractivity contribution < 1.29 is 68.3 Å². The number of esters is 1. The number of H-pyrrole nitrogens is 1. The molecule has 0 unspecified atom stereocenters. The van der Waals surface area contributed by atoms with Crippen molar-refractivity contribution in [2.75, 3.05) is 12.3 Å². The third-order valence-corrected chi connectivity index (χ3v) is 6.89. The van der Waals surface area contributed by atoms with Crippen LogP contribution in [0, 0.1) is 0 Å². The highest BCUT2D eigenvalue weighted by Gasteiger charge is 2.54. The van der Waals surface area contributed by atoms with Crippen molar-refractivity contribution in [1.29, 1.82) is 0 Å². The Balaban J connectivity index is 1.74. The zero-order valence-electron chi connectivity index (χ0n) is 20.9. The van der Waals surface area contributed by atoms with Crippen molar-refractivity contribution in [2.45, 2.75) is 69.1 Å². The minimum absolute atomic E-state index is 0.266. The summed E-state index contributed by atoms with van der Waals surface area (Å²) in [6.45, 7) is 1.35. The number of aliphatic hydroxyl groups is 2. The standard InChI is InChI=1S/C18H25N5O16S2/c1-5-11(36-6(2)24)9(25)10(26)17(35-5)38-12-7(3-34-40(28,29)30)37-16(13(12)39-41(31,32)33)23-4-20-8-14(23)21-18(19)22-15(8)27/h4-5,7,9-13,16-17,25-26H,3H2,1-2H3,(H,28,29,30)(H,31,32,33)(H3,19,21,22,27)/t5-,7-,9-,10-,11+,12-,13-,16-,17-/m1/s1. The van der Waals surface area contributed by atoms with Gasteiger partial charge >= 0.3 is 26.8 Å². The first-order valence-corrected chi connectivity index (χ1v) is 14.2. The van der Waals surface area contributed by atoms with E-state index < -0.39 is 94.2 Å². The number of fused-ring (bicyclic) bond motifs is 1. The summed E-state index contributed by atoms with van der Waals surface area (Å²) in [6, 6.07) is 0. The first kappa shape index (κ1) is 31.1. The Hall–Kier alpha value is -2.84. The van der Waals surface area contributed by atoms with Gasteiger partial charge in [-0.05, 0) is 6.92 Å². The van der Waals surface area contributed by atoms with E-state index in [4.69, 9.17) is 33.4 Å². The first-order chi connectivity index (χ1) is 18.9. The van der Waals surface area contributed by atoms with Crippen LogP contribution in [0.5, 0.6) is 0 Å². The Kier molecular flexibility index (Phi) is 8.68. The van der Waals surface area contributed by atoms with Crippen molar-refractivity contribution in [1.82, 2.24) is 19.5 Å². The average molecular weight is 632 g/mol. The van der Waals surface area contributed by atoms with Gasteiger partial charge in [0.25, 0.3) is 5.56 Å². The molecule has 0 amide bonds. The molecule has 4 heterocycles. The molecule has 21 nitrogen and oxygen atoms in total. The van der Waals surface area contributed by atoms with E-state index in [0.29, 0.717) is 0 Å². The maximum Gasteiger partial charge on any atom is 0.397 e. The van der Waals surface area contributed by atoms with E-state index in [0.717, 1.165) is 17.8 Å². The molecule has 0 bridgehead atoms. The highest BCUT2D eigenvalue weighted by atomic mass is 32.3. The predicted octanol–water partition coefficient (Wildman–Crippen LogP) is -3.61. The summed E-state index contributed by atoms with van der Waals surface area (Å²) >= 11 is 0. The van der Waals surface area contributed by atoms with E-state index in [9.17, 15) is 41.2 Å². The van der Waals surface area contributed by atoms with Crippen molar-refractivity contribution in [3.63, 3.8) is 0 Å². The van der Waals surface area contributed by atoms with Crippen LogP contribution in [-0.2, 0) is 52.9 Å². The molecule has 4 rings (SSSR count). The molecule has 2 aromatic rings. The van der Waals surface area contributed by atoms with Crippen LogP contribution in [0.1, 0.15) is 20.1 Å². The number of nitrogen functional groups attached to an aromatic ring is 1. The van der Waals surface area contributed by atoms with E-state index >= 15 is 0 Å². The minimum atomic E-state index is -5.32. The van der Waals surface area contributed by atoms with Gasteiger partial charge in [0, 0.05) is 6.92 Å². The first-order valence-electron chi connectivity index (χ1n) is 11.4. The van der Waals surface area contributed by atoms with E-state index in [1.54, 1.807) is 0 Å². The summed E-state index contributed by atoms with van der Waals surface area (Å²) < 4.78 is 96.7. The molecule has 2 fully saturated rings. The topological polar surface area (TPSA) is 311 Å². The maximum absolute atomic E-state index is 12.2. The van der Waals surface area contributed by atoms with Gasteiger partial charge < -0.3 is 34.9 Å². The van der Waals surface area contributed by atoms with E-state index in [-0.39, 0.29) is 17.1 Å². The molecule has 7 N–H and O–H groups in total. The van der Waals surface area contributed by atoms with Crippen LogP contribution in [0.25, 0.3) is 11.2 Å². The summed E-state index contributed by atoms with van der Waals surface area (Å²) in [5.74, 6) is -1.18. The van der Waals surface area contributed by atoms with Gasteiger partial charge in [-0.2, -0.15) is 21.8 Å². The summed E-state index contributed by atoms with van der Waals surface area (Å²) in [5.41, 5.74) is 4.24. The smallest absolute Gasteiger partial charge is 0.397 e. The number of hydrogen-bond acceptors (Lipinski definition) is 17. The molecular weight excluding hydrogens is 606 g/mol. The maximum atomic E-state index is 12.2. The van der Waals surface area contributed by atoms with E-state index in [1.165, 1.54) is 6.92 Å². The van der Waals surface area contributed by atoms with Gasteiger partial charge in [0.1, 0.15) is 24.4 Å². The number of nitrogens with two attached hydrogens (primary N) is 1. The number of carbonyl (C=O) groups excluding carboxylic acids is 1. The molecule has 0 radical (unpaired) electrons. The molecule has 41 heavy (non-hydrogen) atoms. The summed E-state index contributed by atoms with van der Waals surface area (Å²) in [7, 11) is -10.4. The average Bonchev–Trinajstić information content (AvgIpc) is 3.38. The SMILES string of the molecule is CC(=O)O[C@@H]1[C@H](O)[C@@H](O)[C@@H](O[C@H]2[C@@H](OS(=O)(=O)O)[C@H](n3cnc4c(=O)[nH]c(N)nc43)O[C@@H]2COS(=O)(=O)O)O[C@@H]1C. The number of aliphatic hydroxyl groups excluding tert-OH is 2. The minimum Gasteiger partial charge on any atom is -0.457 e. The molecule has 2 saturated heterocycles. The Morgan fingerprint density at radius 1 is 1.12 bits per heavy atom. The van der Waals surface area contributed by atoms with Crippen LogP contribution in [0.2, 0.25) is 0 Å². The molecule has 0 spiro atoms. The van der Waals surface area contributed by atoms with Gasteiger partial charge in [0.15, 0.2) is 35.9 Å². The van der Waals surface area contributed by atoms with Gasteiger partial charge in [-0.15, -0.1) is 0 Å². The fourth-order valence-electron chi connectivity index (χ4n) is 4.38. The van der Waals surface area contributed by atoms with E-state index in [1.807, 2.05) is 0 Å². The van der Waals surface area contributed by atoms with Gasteiger partial charge in [-0.3, -0.25) is 28.2 Å². The number of imidazole rings is 1. The van der Waals surface area contributed by atoms with Gasteiger partial charge in [-0.25, -0.2) is 13.4 Å². The quantitative estimate of drug-likeness (QED) is 0.115. The van der Waals surface area contributed by atoms with Crippen LogP contribution >= 0.6 is 0 Å². The molecule has 2 aromatic heterocycles. The molecule has 0 saturated carbocycles. The number of carbonyl (C=O) groups is 1. The Morgan fingerprint density at radius 3 is 2.41 bits per heavy atom. The number of nitrogens with one attached hydrogen (secondary N) is 1. The van der Waals surface area contributed by atoms with Crippen molar-refractivity contribution in [3.05, 3.63) is 16.7 Å². The number of aromatic nitrogens is 4. The third kappa shape index (κ3) is 6.97. The lowest BCUT2D eigenvalue weighted by atomic mass is 9.99. The number of aromatic amines is 1. The normalized spacial score (nSPS) is 32.8. The number of anilines is 1. The molecule has 2 aliphatic heterocycles. The second-order valence-corrected chi connectivity index (χ2v) is 11.0. The van der Waals surface area contributed by atoms with Crippen LogP contribution in [0.15, 0.2) is 11.1 Å². The number of rotatable bonds is 9. The molecule has 23 heteroatoms. The zero-order chi connectivity index (χ0) is 30.4. The number of ether oxygens (including phenoxy) is 4. The Morgan fingerprint density at radius 2 is 1.80 bits per heavy atom. The Labute approximate surface area is 230 Å². The van der Waals surface area contributed by atoms with Gasteiger partial charge in [0.05, 0.1) is 19.0 Å². The number of nitrogens with zero attached hydrogens (tertiary/aromatic N) is 3. The molecule has 0 aliphatic carbocycles. The van der Waals surface area contributed by atoms with Crippen LogP contribution < -0.4 is 11.3 Å². The van der Waals surface area contributed by atoms with Gasteiger partial charge in [0.2, 0.25) is 5.95 Å². The lowest BCUT2D eigenvalue weighted by Gasteiger charge is -2.42. The lowest BCUT2D eigenvalue weighted by molar-refractivity contribution is -0.312. The number of hydrogen-bond donors (Lipinski definition) is 6. The summed E-state index contributed by atoms with van der Waals surface area (Å²) in [6.07, 6.45) is -14.3. The highest BCUT2D eigenvalue weighted by Crippen LogP contribution is 2.38. The van der Waals surface area contributed by atoms with Crippen molar-refractivity contribution >= 4 is 43.9 Å². The monoisotopic (exact) mass is 631 g/mol. The summed E-state index contributed by atoms with van der Waals surface area (Å²) in [4.78, 5) is 33.6. The second-order valence-electron chi connectivity index (χ2n) is 8.91. The summed E-state index contributed by atoms with van der Waals surface area (Å²) in [5, 5.41) is 21.1. The van der Waals surface area contributed by atoms with Crippen molar-refractivity contribution in [2.24, 2.45) is 0 Å². The second kappa shape index (κ2) is 11.4. The van der Waals surface area contributed by atoms with Crippen LogP contribution in [0.4, 0.5) is 5.95 Å². The zero-order valence-corrected chi connectivity index (χ0v) is 22.5. The Bertz CT molecular complexity index is 1560. The fourth-order valence-corrected chi connectivity index (χ4v) is 5.17. The van der Waals surface area contributed by atoms with E-state index in [2.05, 4.69) is 19.1 Å². The third-order valence-electron chi connectivity index (χ3n) is 5.99. The highest BCUT2D eigenvalue weighted by molar-refractivity contribution is 7.81. The molecule has 230 valence electrons. The predicted molar refractivity (Wildman–Crippen MR) is 127 cm³/mol. The molecular formula is C18H25N5O16S2. The molecule has 0 aromatic carbocycles. The van der Waals surface area contributed by atoms with Crippen molar-refractivity contribution in [3.8, 4) is 0 Å². The van der Waals surface area contributed by atoms with Crippen LogP contribution in [0.3, 0.4) is 0 Å².